The van der Waals surface area contributed by atoms with Crippen LogP contribution in [0.5, 0.6) is 0 Å². The highest BCUT2D eigenvalue weighted by molar-refractivity contribution is 5.70. The molecule has 2 saturated heterocycles. The van der Waals surface area contributed by atoms with Gasteiger partial charge < -0.3 is 14.5 Å². The van der Waals surface area contributed by atoms with Gasteiger partial charge in [0, 0.05) is 13.1 Å². The SMILES string of the molecule is CCN1CCCC2(CCN2C(=O)OC(C)(C)C)C1. The summed E-state index contributed by atoms with van der Waals surface area (Å²) in [6.45, 7) is 12.1. The highest BCUT2D eigenvalue weighted by Crippen LogP contribution is 2.39. The number of rotatable bonds is 1. The molecule has 2 rings (SSSR count). The first-order chi connectivity index (χ1) is 8.36. The van der Waals surface area contributed by atoms with Crippen molar-refractivity contribution in [1.82, 2.24) is 9.80 Å². The standard InChI is InChI=1S/C14H26N2O2/c1-5-15-9-6-7-14(11-15)8-10-16(14)12(17)18-13(2,3)4/h5-11H2,1-4H3. The highest BCUT2D eigenvalue weighted by atomic mass is 16.6. The third-order valence-corrected chi connectivity index (χ3v) is 4.07. The molecule has 4 nitrogen and oxygen atoms in total. The maximum Gasteiger partial charge on any atom is 0.410 e. The van der Waals surface area contributed by atoms with E-state index in [9.17, 15) is 4.79 Å². The number of amides is 1. The van der Waals surface area contributed by atoms with Gasteiger partial charge in [0.15, 0.2) is 0 Å². The van der Waals surface area contributed by atoms with Crippen LogP contribution < -0.4 is 0 Å². The monoisotopic (exact) mass is 254 g/mol. The first-order valence-electron chi connectivity index (χ1n) is 7.09. The Morgan fingerprint density at radius 3 is 2.50 bits per heavy atom. The summed E-state index contributed by atoms with van der Waals surface area (Å²) in [5, 5.41) is 0. The van der Waals surface area contributed by atoms with Crippen LogP contribution in [0.15, 0.2) is 0 Å². The third kappa shape index (κ3) is 2.63. The van der Waals surface area contributed by atoms with Crippen LogP contribution in [0.25, 0.3) is 0 Å². The molecule has 1 atom stereocenters. The minimum Gasteiger partial charge on any atom is -0.444 e. The van der Waals surface area contributed by atoms with Gasteiger partial charge in [-0.25, -0.2) is 4.79 Å². The van der Waals surface area contributed by atoms with Gasteiger partial charge in [-0.05, 0) is 53.1 Å². The molecule has 1 spiro atoms. The average molecular weight is 254 g/mol. The molecule has 4 heteroatoms. The third-order valence-electron chi connectivity index (χ3n) is 4.07. The van der Waals surface area contributed by atoms with E-state index in [1.807, 2.05) is 25.7 Å². The number of likely N-dealkylation sites (tertiary alicyclic amines) is 2. The van der Waals surface area contributed by atoms with Gasteiger partial charge in [0.2, 0.25) is 0 Å². The number of likely N-dealkylation sites (N-methyl/N-ethyl adjacent to an activating group) is 1. The van der Waals surface area contributed by atoms with Gasteiger partial charge in [0.1, 0.15) is 5.60 Å². The van der Waals surface area contributed by atoms with Crippen LogP contribution in [0.2, 0.25) is 0 Å². The van der Waals surface area contributed by atoms with Gasteiger partial charge in [-0.2, -0.15) is 0 Å². The molecule has 104 valence electrons. The molecule has 2 aliphatic heterocycles. The fourth-order valence-electron chi connectivity index (χ4n) is 3.04. The number of hydrogen-bond acceptors (Lipinski definition) is 3. The van der Waals surface area contributed by atoms with Gasteiger partial charge in [0.25, 0.3) is 0 Å². The molecule has 0 aromatic carbocycles. The second-order valence-corrected chi connectivity index (χ2v) is 6.58. The second kappa shape index (κ2) is 4.72. The highest BCUT2D eigenvalue weighted by Gasteiger charge is 2.50. The molecular formula is C14H26N2O2. The van der Waals surface area contributed by atoms with Crippen molar-refractivity contribution in [1.29, 1.82) is 0 Å². The molecule has 0 aromatic rings. The summed E-state index contributed by atoms with van der Waals surface area (Å²) in [4.78, 5) is 16.6. The Morgan fingerprint density at radius 1 is 1.28 bits per heavy atom. The average Bonchev–Trinajstić information content (AvgIpc) is 2.25. The lowest BCUT2D eigenvalue weighted by molar-refractivity contribution is -0.0733. The van der Waals surface area contributed by atoms with Gasteiger partial charge >= 0.3 is 6.09 Å². The largest absolute Gasteiger partial charge is 0.444 e. The molecule has 2 aliphatic rings. The molecule has 0 radical (unpaired) electrons. The lowest BCUT2D eigenvalue weighted by atomic mass is 9.78. The van der Waals surface area contributed by atoms with Crippen LogP contribution in [-0.2, 0) is 4.74 Å². The van der Waals surface area contributed by atoms with Crippen LogP contribution in [0, 0.1) is 0 Å². The first-order valence-corrected chi connectivity index (χ1v) is 7.09. The summed E-state index contributed by atoms with van der Waals surface area (Å²) in [7, 11) is 0. The Kier molecular flexibility index (Phi) is 3.58. The van der Waals surface area contributed by atoms with Crippen LogP contribution in [0.1, 0.15) is 47.0 Å². The Morgan fingerprint density at radius 2 is 2.00 bits per heavy atom. The van der Waals surface area contributed by atoms with Gasteiger partial charge in [0.05, 0.1) is 5.54 Å². The zero-order chi connectivity index (χ0) is 13.4. The Bertz CT molecular complexity index is 324. The summed E-state index contributed by atoms with van der Waals surface area (Å²) in [6, 6.07) is 0. The van der Waals surface area contributed by atoms with Crippen LogP contribution in [0.3, 0.4) is 0 Å². The number of ether oxygens (including phenoxy) is 1. The fraction of sp³-hybridized carbons (Fsp3) is 0.929. The quantitative estimate of drug-likeness (QED) is 0.720. The summed E-state index contributed by atoms with van der Waals surface area (Å²) < 4.78 is 5.51. The van der Waals surface area contributed by atoms with Crippen molar-refractivity contribution in [3.8, 4) is 0 Å². The smallest absolute Gasteiger partial charge is 0.410 e. The molecule has 0 bridgehead atoms. The number of piperidine rings is 1. The molecule has 2 heterocycles. The number of carbonyl (C=O) groups is 1. The van der Waals surface area contributed by atoms with E-state index in [4.69, 9.17) is 4.74 Å². The Labute approximate surface area is 110 Å². The van der Waals surface area contributed by atoms with Gasteiger partial charge in [-0.15, -0.1) is 0 Å². The maximum absolute atomic E-state index is 12.2. The van der Waals surface area contributed by atoms with Crippen molar-refractivity contribution < 1.29 is 9.53 Å². The molecule has 1 unspecified atom stereocenters. The van der Waals surface area contributed by atoms with Crippen molar-refractivity contribution >= 4 is 6.09 Å². The van der Waals surface area contributed by atoms with Crippen molar-refractivity contribution in [3.63, 3.8) is 0 Å². The molecule has 1 amide bonds. The maximum atomic E-state index is 12.2. The Hall–Kier alpha value is -0.770. The Balaban J connectivity index is 2.00. The van der Waals surface area contributed by atoms with Crippen molar-refractivity contribution in [3.05, 3.63) is 0 Å². The van der Waals surface area contributed by atoms with E-state index in [0.29, 0.717) is 0 Å². The normalized spacial score (nSPS) is 29.2. The summed E-state index contributed by atoms with van der Waals surface area (Å²) in [6.07, 6.45) is 3.31. The molecule has 0 saturated carbocycles. The van der Waals surface area contributed by atoms with Crippen molar-refractivity contribution in [2.45, 2.75) is 58.1 Å². The molecule has 0 aliphatic carbocycles. The van der Waals surface area contributed by atoms with E-state index in [1.54, 1.807) is 0 Å². The van der Waals surface area contributed by atoms with E-state index in [2.05, 4.69) is 11.8 Å². The minimum absolute atomic E-state index is 0.0661. The predicted molar refractivity (Wildman–Crippen MR) is 71.6 cm³/mol. The van der Waals surface area contributed by atoms with E-state index in [-0.39, 0.29) is 11.6 Å². The minimum atomic E-state index is -0.396. The fourth-order valence-corrected chi connectivity index (χ4v) is 3.04. The predicted octanol–water partition coefficient (Wildman–Crippen LogP) is 2.48. The van der Waals surface area contributed by atoms with Crippen molar-refractivity contribution in [2.24, 2.45) is 0 Å². The van der Waals surface area contributed by atoms with E-state index in [1.165, 1.54) is 13.0 Å². The number of carbonyl (C=O) groups excluding carboxylic acids is 1. The molecular weight excluding hydrogens is 228 g/mol. The van der Waals surface area contributed by atoms with Crippen LogP contribution in [-0.4, -0.2) is 53.2 Å². The van der Waals surface area contributed by atoms with Crippen LogP contribution in [0.4, 0.5) is 4.79 Å². The van der Waals surface area contributed by atoms with E-state index >= 15 is 0 Å². The molecule has 0 aromatic heterocycles. The van der Waals surface area contributed by atoms with Crippen molar-refractivity contribution in [2.75, 3.05) is 26.2 Å². The zero-order valence-corrected chi connectivity index (χ0v) is 12.2. The summed E-state index contributed by atoms with van der Waals surface area (Å²) in [5.74, 6) is 0. The first kappa shape index (κ1) is 13.7. The zero-order valence-electron chi connectivity index (χ0n) is 12.2. The van der Waals surface area contributed by atoms with Crippen LogP contribution >= 0.6 is 0 Å². The van der Waals surface area contributed by atoms with Gasteiger partial charge in [-0.1, -0.05) is 6.92 Å². The second-order valence-electron chi connectivity index (χ2n) is 6.58. The molecule has 2 fully saturated rings. The number of nitrogens with zero attached hydrogens (tertiary/aromatic N) is 2. The molecule has 0 N–H and O–H groups in total. The lowest BCUT2D eigenvalue weighted by Crippen LogP contribution is -2.68. The summed E-state index contributed by atoms with van der Waals surface area (Å²) in [5.41, 5.74) is -0.330. The topological polar surface area (TPSA) is 32.8 Å². The van der Waals surface area contributed by atoms with E-state index in [0.717, 1.165) is 32.5 Å². The number of hydrogen-bond donors (Lipinski definition) is 0. The lowest BCUT2D eigenvalue weighted by Gasteiger charge is -2.56. The van der Waals surface area contributed by atoms with Gasteiger partial charge in [-0.3, -0.25) is 0 Å². The van der Waals surface area contributed by atoms with E-state index < -0.39 is 5.60 Å². The molecule has 18 heavy (non-hydrogen) atoms. The summed E-state index contributed by atoms with van der Waals surface area (Å²) >= 11 is 0.